The van der Waals surface area contributed by atoms with Gasteiger partial charge in [0, 0.05) is 11.8 Å². The van der Waals surface area contributed by atoms with Crippen molar-refractivity contribution < 1.29 is 8.81 Å². The second-order valence-corrected chi connectivity index (χ2v) is 6.83. The van der Waals surface area contributed by atoms with Crippen LogP contribution in [0.25, 0.3) is 11.3 Å². The largest absolute Gasteiger partial charge is 0.447 e. The van der Waals surface area contributed by atoms with E-state index in [0.29, 0.717) is 18.0 Å². The lowest BCUT2D eigenvalue weighted by molar-refractivity contribution is 0.478. The van der Waals surface area contributed by atoms with E-state index in [1.165, 1.54) is 6.26 Å². The minimum absolute atomic E-state index is 0.106. The molecule has 2 aromatic heterocycles. The highest BCUT2D eigenvalue weighted by molar-refractivity contribution is 6.31. The number of halogens is 2. The van der Waals surface area contributed by atoms with Crippen molar-refractivity contribution in [3.8, 4) is 11.3 Å². The second-order valence-electron chi connectivity index (χ2n) is 6.43. The summed E-state index contributed by atoms with van der Waals surface area (Å²) in [6.45, 7) is 6.34. The van der Waals surface area contributed by atoms with Crippen LogP contribution in [0, 0.1) is 5.82 Å². The van der Waals surface area contributed by atoms with E-state index in [4.69, 9.17) is 16.0 Å². The van der Waals surface area contributed by atoms with E-state index in [0.717, 1.165) is 11.3 Å². The van der Waals surface area contributed by atoms with Gasteiger partial charge in [-0.3, -0.25) is 0 Å². The Morgan fingerprint density at radius 1 is 1.26 bits per heavy atom. The molecule has 0 atom stereocenters. The lowest BCUT2D eigenvalue weighted by Crippen LogP contribution is -2.14. The van der Waals surface area contributed by atoms with Crippen molar-refractivity contribution in [1.29, 1.82) is 0 Å². The van der Waals surface area contributed by atoms with E-state index in [2.05, 4.69) is 9.97 Å². The molecule has 23 heavy (non-hydrogen) atoms. The number of rotatable bonds is 3. The van der Waals surface area contributed by atoms with Gasteiger partial charge in [0.1, 0.15) is 18.6 Å². The number of hydrogen-bond donors (Lipinski definition) is 0. The highest BCUT2D eigenvalue weighted by Crippen LogP contribution is 2.33. The monoisotopic (exact) mass is 333 g/mol. The molecule has 0 fully saturated rings. The maximum Gasteiger partial charge on any atom is 0.213 e. The second kappa shape index (κ2) is 5.81. The Morgan fingerprint density at radius 2 is 2.04 bits per heavy atom. The third kappa shape index (κ3) is 3.29. The predicted molar refractivity (Wildman–Crippen MR) is 86.9 cm³/mol. The summed E-state index contributed by atoms with van der Waals surface area (Å²) in [7, 11) is 0. The van der Waals surface area contributed by atoms with Crippen LogP contribution in [0.4, 0.5) is 4.39 Å². The summed E-state index contributed by atoms with van der Waals surface area (Å²) in [6, 6.07) is 3.41. The van der Waals surface area contributed by atoms with Gasteiger partial charge in [-0.1, -0.05) is 32.4 Å². The molecule has 0 radical (unpaired) electrons. The van der Waals surface area contributed by atoms with E-state index in [9.17, 15) is 4.39 Å². The van der Waals surface area contributed by atoms with Crippen molar-refractivity contribution in [2.24, 2.45) is 0 Å². The van der Waals surface area contributed by atoms with Crippen molar-refractivity contribution in [3.05, 3.63) is 59.4 Å². The lowest BCUT2D eigenvalue weighted by Gasteiger charge is -2.21. The third-order valence-electron chi connectivity index (χ3n) is 3.57. The van der Waals surface area contributed by atoms with Crippen LogP contribution in [0.5, 0.6) is 0 Å². The summed E-state index contributed by atoms with van der Waals surface area (Å²) >= 11 is 6.06. The Labute approximate surface area is 138 Å². The van der Waals surface area contributed by atoms with Crippen LogP contribution >= 0.6 is 11.6 Å². The van der Waals surface area contributed by atoms with Crippen LogP contribution < -0.4 is 0 Å². The van der Waals surface area contributed by atoms with Crippen molar-refractivity contribution in [3.63, 3.8) is 0 Å². The van der Waals surface area contributed by atoms with Crippen molar-refractivity contribution >= 4 is 11.6 Å². The molecule has 0 aliphatic rings. The average Bonchev–Trinajstić information content (AvgIpc) is 3.12. The van der Waals surface area contributed by atoms with E-state index >= 15 is 0 Å². The van der Waals surface area contributed by atoms with Gasteiger partial charge in [0.25, 0.3) is 0 Å². The number of aromatic nitrogens is 3. The molecule has 0 amide bonds. The SMILES string of the molecule is CC(C)(C)c1cc(-c2cn(Cc3ncco3)cn2)cc(Cl)c1F. The fourth-order valence-electron chi connectivity index (χ4n) is 2.37. The molecular weight excluding hydrogens is 317 g/mol. The molecule has 0 N–H and O–H groups in total. The van der Waals surface area contributed by atoms with Crippen LogP contribution in [0.3, 0.4) is 0 Å². The van der Waals surface area contributed by atoms with Crippen LogP contribution in [0.15, 0.2) is 41.5 Å². The quantitative estimate of drug-likeness (QED) is 0.699. The van der Waals surface area contributed by atoms with E-state index in [-0.39, 0.29) is 16.3 Å². The normalized spacial score (nSPS) is 11.9. The summed E-state index contributed by atoms with van der Waals surface area (Å²) < 4.78 is 21.3. The third-order valence-corrected chi connectivity index (χ3v) is 3.84. The summed E-state index contributed by atoms with van der Waals surface area (Å²) in [4.78, 5) is 8.45. The summed E-state index contributed by atoms with van der Waals surface area (Å²) in [5, 5.41) is 0.106. The first kappa shape index (κ1) is 15.7. The number of oxazole rings is 1. The summed E-state index contributed by atoms with van der Waals surface area (Å²) in [5.74, 6) is 0.226. The molecule has 0 aliphatic heterocycles. The number of benzene rings is 1. The number of imidazole rings is 1. The Morgan fingerprint density at radius 3 is 2.70 bits per heavy atom. The first-order valence-electron chi connectivity index (χ1n) is 7.24. The first-order valence-corrected chi connectivity index (χ1v) is 7.62. The van der Waals surface area contributed by atoms with Crippen LogP contribution in [-0.4, -0.2) is 14.5 Å². The molecule has 0 spiro atoms. The smallest absolute Gasteiger partial charge is 0.213 e. The maximum atomic E-state index is 14.3. The molecular formula is C17H17ClFN3O. The zero-order valence-electron chi connectivity index (χ0n) is 13.2. The molecule has 120 valence electrons. The minimum atomic E-state index is -0.373. The summed E-state index contributed by atoms with van der Waals surface area (Å²) in [6.07, 6.45) is 6.68. The molecule has 2 heterocycles. The lowest BCUT2D eigenvalue weighted by atomic mass is 9.85. The Kier molecular flexibility index (Phi) is 3.98. The van der Waals surface area contributed by atoms with Crippen LogP contribution in [-0.2, 0) is 12.0 Å². The topological polar surface area (TPSA) is 43.9 Å². The van der Waals surface area contributed by atoms with Gasteiger partial charge in [-0.2, -0.15) is 0 Å². The molecule has 3 aromatic rings. The van der Waals surface area contributed by atoms with Gasteiger partial charge in [-0.05, 0) is 23.1 Å². The van der Waals surface area contributed by atoms with Crippen molar-refractivity contribution in [2.75, 3.05) is 0 Å². The highest BCUT2D eigenvalue weighted by atomic mass is 35.5. The molecule has 6 heteroatoms. The molecule has 0 saturated carbocycles. The molecule has 0 bridgehead atoms. The predicted octanol–water partition coefficient (Wildman–Crippen LogP) is 4.68. The minimum Gasteiger partial charge on any atom is -0.447 e. The van der Waals surface area contributed by atoms with Crippen molar-refractivity contribution in [1.82, 2.24) is 14.5 Å². The van der Waals surface area contributed by atoms with Gasteiger partial charge in [-0.25, -0.2) is 14.4 Å². The first-order chi connectivity index (χ1) is 10.8. The summed E-state index contributed by atoms with van der Waals surface area (Å²) in [5.41, 5.74) is 1.74. The van der Waals surface area contributed by atoms with E-state index < -0.39 is 0 Å². The van der Waals surface area contributed by atoms with Gasteiger partial charge < -0.3 is 8.98 Å². The zero-order chi connectivity index (χ0) is 16.6. The van der Waals surface area contributed by atoms with E-state index in [1.807, 2.05) is 31.5 Å². The number of nitrogens with zero attached hydrogens (tertiary/aromatic N) is 3. The molecule has 1 aromatic carbocycles. The zero-order valence-corrected chi connectivity index (χ0v) is 13.9. The van der Waals surface area contributed by atoms with Gasteiger partial charge in [-0.15, -0.1) is 0 Å². The Bertz CT molecular complexity index is 819. The Hall–Kier alpha value is -2.14. The van der Waals surface area contributed by atoms with E-state index in [1.54, 1.807) is 24.7 Å². The van der Waals surface area contributed by atoms with Crippen molar-refractivity contribution in [2.45, 2.75) is 32.7 Å². The van der Waals surface area contributed by atoms with Crippen LogP contribution in [0.2, 0.25) is 5.02 Å². The van der Waals surface area contributed by atoms with Gasteiger partial charge in [0.05, 0.1) is 23.2 Å². The average molecular weight is 334 g/mol. The van der Waals surface area contributed by atoms with Gasteiger partial charge in [0.2, 0.25) is 5.89 Å². The molecule has 3 rings (SSSR count). The Balaban J connectivity index is 1.96. The molecule has 0 saturated heterocycles. The van der Waals surface area contributed by atoms with Gasteiger partial charge >= 0.3 is 0 Å². The maximum absolute atomic E-state index is 14.3. The fourth-order valence-corrected chi connectivity index (χ4v) is 2.58. The molecule has 4 nitrogen and oxygen atoms in total. The van der Waals surface area contributed by atoms with Gasteiger partial charge in [0.15, 0.2) is 0 Å². The molecule has 0 aliphatic carbocycles. The number of hydrogen-bond acceptors (Lipinski definition) is 3. The highest BCUT2D eigenvalue weighted by Gasteiger charge is 2.22. The standard InChI is InChI=1S/C17H17ClFN3O/c1-17(2,3)12-6-11(7-13(18)16(12)19)14-8-22(10-21-14)9-15-20-4-5-23-15/h4-8,10H,9H2,1-3H3. The van der Waals surface area contributed by atoms with Crippen LogP contribution in [0.1, 0.15) is 32.2 Å². The molecule has 0 unspecified atom stereocenters. The fraction of sp³-hybridized carbons (Fsp3) is 0.294.